The van der Waals surface area contributed by atoms with E-state index < -0.39 is 0 Å². The standard InChI is InChI=1S/C20H24ClN3O/c1-14-7-8-17(21)13-18(14)22-20(25)24-11-9-23(10-12-24)19-15(2)5-4-6-16(19)3/h4-8,13H,9-12H2,1-3H3,(H,22,25). The number of para-hydroxylation sites is 1. The van der Waals surface area contributed by atoms with Crippen molar-refractivity contribution in [2.45, 2.75) is 20.8 Å². The maximum atomic E-state index is 12.6. The Balaban J connectivity index is 1.64. The molecule has 1 saturated heterocycles. The predicted octanol–water partition coefficient (Wildman–Crippen LogP) is 4.62. The van der Waals surface area contributed by atoms with Gasteiger partial charge in [0.2, 0.25) is 0 Å². The largest absolute Gasteiger partial charge is 0.368 e. The van der Waals surface area contributed by atoms with Gasteiger partial charge < -0.3 is 15.1 Å². The number of anilines is 2. The van der Waals surface area contributed by atoms with Crippen molar-refractivity contribution < 1.29 is 4.79 Å². The molecule has 0 aliphatic carbocycles. The molecule has 1 heterocycles. The van der Waals surface area contributed by atoms with Crippen LogP contribution in [0.2, 0.25) is 5.02 Å². The van der Waals surface area contributed by atoms with Crippen molar-refractivity contribution in [2.75, 3.05) is 36.4 Å². The zero-order valence-electron chi connectivity index (χ0n) is 15.0. The summed E-state index contributed by atoms with van der Waals surface area (Å²) in [6.07, 6.45) is 0. The van der Waals surface area contributed by atoms with E-state index in [-0.39, 0.29) is 6.03 Å². The number of carbonyl (C=O) groups is 1. The van der Waals surface area contributed by atoms with Gasteiger partial charge in [-0.3, -0.25) is 0 Å². The van der Waals surface area contributed by atoms with Gasteiger partial charge >= 0.3 is 6.03 Å². The van der Waals surface area contributed by atoms with Crippen LogP contribution in [-0.2, 0) is 0 Å². The predicted molar refractivity (Wildman–Crippen MR) is 105 cm³/mol. The molecular weight excluding hydrogens is 334 g/mol. The van der Waals surface area contributed by atoms with Gasteiger partial charge in [0.25, 0.3) is 0 Å². The zero-order chi connectivity index (χ0) is 18.0. The molecule has 2 aromatic rings. The fourth-order valence-corrected chi connectivity index (χ4v) is 3.53. The minimum atomic E-state index is -0.0634. The second kappa shape index (κ2) is 7.36. The Morgan fingerprint density at radius 3 is 2.24 bits per heavy atom. The van der Waals surface area contributed by atoms with E-state index in [1.54, 1.807) is 6.07 Å². The number of carbonyl (C=O) groups excluding carboxylic acids is 1. The number of amides is 2. The van der Waals surface area contributed by atoms with Gasteiger partial charge in [-0.25, -0.2) is 4.79 Å². The Hall–Kier alpha value is -2.20. The maximum Gasteiger partial charge on any atom is 0.321 e. The van der Waals surface area contributed by atoms with Gasteiger partial charge in [-0.2, -0.15) is 0 Å². The molecule has 3 rings (SSSR count). The normalized spacial score (nSPS) is 14.6. The van der Waals surface area contributed by atoms with Crippen molar-refractivity contribution in [3.8, 4) is 0 Å². The summed E-state index contributed by atoms with van der Waals surface area (Å²) in [5.41, 5.74) is 5.65. The highest BCUT2D eigenvalue weighted by Gasteiger charge is 2.23. The molecule has 25 heavy (non-hydrogen) atoms. The summed E-state index contributed by atoms with van der Waals surface area (Å²) in [6.45, 7) is 9.34. The lowest BCUT2D eigenvalue weighted by atomic mass is 10.1. The van der Waals surface area contributed by atoms with Gasteiger partial charge in [0.1, 0.15) is 0 Å². The van der Waals surface area contributed by atoms with Crippen molar-refractivity contribution in [1.29, 1.82) is 0 Å². The summed E-state index contributed by atoms with van der Waals surface area (Å²) in [5.74, 6) is 0. The average Bonchev–Trinajstić information content (AvgIpc) is 2.58. The number of nitrogens with zero attached hydrogens (tertiary/aromatic N) is 2. The summed E-state index contributed by atoms with van der Waals surface area (Å²) < 4.78 is 0. The van der Waals surface area contributed by atoms with E-state index >= 15 is 0 Å². The summed E-state index contributed by atoms with van der Waals surface area (Å²) in [6, 6.07) is 11.8. The fourth-order valence-electron chi connectivity index (χ4n) is 3.36. The van der Waals surface area contributed by atoms with Gasteiger partial charge in [-0.05, 0) is 49.6 Å². The minimum Gasteiger partial charge on any atom is -0.368 e. The third-order valence-electron chi connectivity index (χ3n) is 4.76. The Morgan fingerprint density at radius 1 is 0.960 bits per heavy atom. The van der Waals surface area contributed by atoms with Crippen LogP contribution in [0.15, 0.2) is 36.4 Å². The van der Waals surface area contributed by atoms with Crippen LogP contribution in [0, 0.1) is 20.8 Å². The lowest BCUT2D eigenvalue weighted by Gasteiger charge is -2.37. The first-order valence-electron chi connectivity index (χ1n) is 8.59. The smallest absolute Gasteiger partial charge is 0.321 e. The lowest BCUT2D eigenvalue weighted by molar-refractivity contribution is 0.208. The molecule has 1 aliphatic heterocycles. The first-order valence-corrected chi connectivity index (χ1v) is 8.97. The van der Waals surface area contributed by atoms with Crippen LogP contribution in [-0.4, -0.2) is 37.1 Å². The molecule has 2 amide bonds. The summed E-state index contributed by atoms with van der Waals surface area (Å²) in [4.78, 5) is 16.8. The SMILES string of the molecule is Cc1ccc(Cl)cc1NC(=O)N1CCN(c2c(C)cccc2C)CC1. The van der Waals surface area contributed by atoms with Gasteiger partial charge in [0.05, 0.1) is 0 Å². The van der Waals surface area contributed by atoms with E-state index in [1.807, 2.05) is 24.0 Å². The van der Waals surface area contributed by atoms with E-state index in [1.165, 1.54) is 16.8 Å². The molecular formula is C20H24ClN3O. The van der Waals surface area contributed by atoms with Gasteiger partial charge in [-0.1, -0.05) is 35.9 Å². The van der Waals surface area contributed by atoms with Gasteiger partial charge in [0, 0.05) is 42.6 Å². The van der Waals surface area contributed by atoms with Crippen LogP contribution < -0.4 is 10.2 Å². The van der Waals surface area contributed by atoms with Crippen LogP contribution in [0.4, 0.5) is 16.2 Å². The lowest BCUT2D eigenvalue weighted by Crippen LogP contribution is -2.50. The van der Waals surface area contributed by atoms with E-state index in [4.69, 9.17) is 11.6 Å². The number of hydrogen-bond donors (Lipinski definition) is 1. The van der Waals surface area contributed by atoms with E-state index in [0.29, 0.717) is 18.1 Å². The fraction of sp³-hybridized carbons (Fsp3) is 0.350. The number of urea groups is 1. The zero-order valence-corrected chi connectivity index (χ0v) is 15.7. The Kier molecular flexibility index (Phi) is 5.19. The van der Waals surface area contributed by atoms with E-state index in [9.17, 15) is 4.79 Å². The van der Waals surface area contributed by atoms with E-state index in [0.717, 1.165) is 24.3 Å². The molecule has 0 unspecified atom stereocenters. The molecule has 1 fully saturated rings. The van der Waals surface area contributed by atoms with Crippen molar-refractivity contribution in [1.82, 2.24) is 4.90 Å². The number of aryl methyl sites for hydroxylation is 3. The molecule has 0 bridgehead atoms. The van der Waals surface area contributed by atoms with Crippen LogP contribution in [0.1, 0.15) is 16.7 Å². The van der Waals surface area contributed by atoms with Crippen LogP contribution in [0.5, 0.6) is 0 Å². The summed E-state index contributed by atoms with van der Waals surface area (Å²) in [7, 11) is 0. The number of hydrogen-bond acceptors (Lipinski definition) is 2. The highest BCUT2D eigenvalue weighted by Crippen LogP contribution is 2.26. The number of benzene rings is 2. The van der Waals surface area contributed by atoms with Crippen molar-refractivity contribution in [2.24, 2.45) is 0 Å². The van der Waals surface area contributed by atoms with Crippen LogP contribution >= 0.6 is 11.6 Å². The second-order valence-corrected chi connectivity index (χ2v) is 7.04. The van der Waals surface area contributed by atoms with Crippen molar-refractivity contribution in [3.63, 3.8) is 0 Å². The molecule has 0 aromatic heterocycles. The topological polar surface area (TPSA) is 35.6 Å². The van der Waals surface area contributed by atoms with Crippen LogP contribution in [0.3, 0.4) is 0 Å². The van der Waals surface area contributed by atoms with E-state index in [2.05, 4.69) is 42.3 Å². The number of nitrogens with one attached hydrogen (secondary N) is 1. The number of piperazine rings is 1. The van der Waals surface area contributed by atoms with Crippen LogP contribution in [0.25, 0.3) is 0 Å². The minimum absolute atomic E-state index is 0.0634. The molecule has 2 aromatic carbocycles. The molecule has 1 aliphatic rings. The molecule has 132 valence electrons. The molecule has 0 radical (unpaired) electrons. The average molecular weight is 358 g/mol. The highest BCUT2D eigenvalue weighted by atomic mass is 35.5. The molecule has 0 atom stereocenters. The number of halogens is 1. The Morgan fingerprint density at radius 2 is 1.60 bits per heavy atom. The summed E-state index contributed by atoms with van der Waals surface area (Å²) in [5, 5.41) is 3.61. The number of rotatable bonds is 2. The highest BCUT2D eigenvalue weighted by molar-refractivity contribution is 6.31. The van der Waals surface area contributed by atoms with Gasteiger partial charge in [0.15, 0.2) is 0 Å². The molecule has 0 spiro atoms. The summed E-state index contributed by atoms with van der Waals surface area (Å²) >= 11 is 6.03. The Bertz CT molecular complexity index is 762. The molecule has 1 N–H and O–H groups in total. The molecule has 0 saturated carbocycles. The Labute approximate surface area is 154 Å². The molecule has 5 heteroatoms. The third kappa shape index (κ3) is 3.90. The van der Waals surface area contributed by atoms with Crippen molar-refractivity contribution in [3.05, 3.63) is 58.1 Å². The first-order chi connectivity index (χ1) is 12.0. The quantitative estimate of drug-likeness (QED) is 0.851. The van der Waals surface area contributed by atoms with Crippen molar-refractivity contribution >= 4 is 29.0 Å². The first kappa shape index (κ1) is 17.6. The second-order valence-electron chi connectivity index (χ2n) is 6.60. The third-order valence-corrected chi connectivity index (χ3v) is 5.00. The molecule has 4 nitrogen and oxygen atoms in total. The monoisotopic (exact) mass is 357 g/mol. The maximum absolute atomic E-state index is 12.6. The van der Waals surface area contributed by atoms with Gasteiger partial charge in [-0.15, -0.1) is 0 Å².